The van der Waals surface area contributed by atoms with Gasteiger partial charge in [-0.2, -0.15) is 0 Å². The smallest absolute Gasteiger partial charge is 0.338 e. The SMILES string of the molecule is CCOC(=O)C1=C(C)N=c2s/c(=C\c3ccc(-c4cccc([N+](=O)[O-])c4C)o3)c(=O)n2[C@@H]1c1ccc(OC)c(OC)c1. The molecule has 2 aromatic carbocycles. The van der Waals surface area contributed by atoms with E-state index in [9.17, 15) is 19.7 Å². The molecule has 0 radical (unpaired) electrons. The molecule has 0 saturated carbocycles. The standard InChI is InChI=1S/C30H27N3O8S/c1-6-40-29(35)26-17(3)31-30-32(27(26)18-10-12-23(38-4)24(14-18)39-5)28(34)25(42-30)15-19-11-13-22(41-19)20-8-7-9-21(16(20)2)33(36)37/h7-15,27H,6H2,1-5H3/b25-15-/t27-/m1/s1. The number of ether oxygens (including phenoxy) is 3. The van der Waals surface area contributed by atoms with Crippen LogP contribution in [0, 0.1) is 17.0 Å². The first-order valence-corrected chi connectivity index (χ1v) is 13.8. The number of methoxy groups -OCH3 is 2. The van der Waals surface area contributed by atoms with Gasteiger partial charge in [-0.25, -0.2) is 9.79 Å². The molecule has 1 aliphatic heterocycles. The third-order valence-electron chi connectivity index (χ3n) is 6.91. The first-order chi connectivity index (χ1) is 20.2. The number of nitrogens with zero attached hydrogens (tertiary/aromatic N) is 3. The van der Waals surface area contributed by atoms with E-state index in [1.807, 2.05) is 0 Å². The Morgan fingerprint density at radius 2 is 1.90 bits per heavy atom. The van der Waals surface area contributed by atoms with Crippen molar-refractivity contribution >= 4 is 29.1 Å². The van der Waals surface area contributed by atoms with Gasteiger partial charge in [-0.3, -0.25) is 19.5 Å². The second-order valence-electron chi connectivity index (χ2n) is 9.33. The van der Waals surface area contributed by atoms with Gasteiger partial charge in [0.2, 0.25) is 0 Å². The molecule has 0 saturated heterocycles. The van der Waals surface area contributed by atoms with Gasteiger partial charge in [0.05, 0.1) is 47.6 Å². The van der Waals surface area contributed by atoms with E-state index in [4.69, 9.17) is 18.6 Å². The summed E-state index contributed by atoms with van der Waals surface area (Å²) in [7, 11) is 3.03. The summed E-state index contributed by atoms with van der Waals surface area (Å²) in [5, 5.41) is 11.4. The minimum atomic E-state index is -0.832. The summed E-state index contributed by atoms with van der Waals surface area (Å²) in [6, 6.07) is 12.5. The van der Waals surface area contributed by atoms with Crippen LogP contribution in [0.4, 0.5) is 5.69 Å². The molecule has 11 nitrogen and oxygen atoms in total. The second-order valence-corrected chi connectivity index (χ2v) is 10.3. The molecule has 0 fully saturated rings. The van der Waals surface area contributed by atoms with Gasteiger partial charge >= 0.3 is 5.97 Å². The van der Waals surface area contributed by atoms with Crippen molar-refractivity contribution in [2.24, 2.45) is 4.99 Å². The summed E-state index contributed by atoms with van der Waals surface area (Å²) in [5.41, 5.74) is 1.94. The number of hydrogen-bond donors (Lipinski definition) is 0. The van der Waals surface area contributed by atoms with Crippen molar-refractivity contribution in [3.05, 3.63) is 106 Å². The topological polar surface area (TPSA) is 135 Å². The zero-order valence-corrected chi connectivity index (χ0v) is 24.3. The molecule has 4 aromatic rings. The van der Waals surface area contributed by atoms with E-state index in [1.54, 1.807) is 69.3 Å². The fourth-order valence-corrected chi connectivity index (χ4v) is 5.95. The molecule has 0 unspecified atom stereocenters. The second kappa shape index (κ2) is 11.5. The number of hydrogen-bond acceptors (Lipinski definition) is 10. The van der Waals surface area contributed by atoms with E-state index in [-0.39, 0.29) is 23.4 Å². The zero-order chi connectivity index (χ0) is 30.1. The van der Waals surface area contributed by atoms with Crippen LogP contribution in [0.15, 0.2) is 74.0 Å². The Morgan fingerprint density at radius 3 is 2.60 bits per heavy atom. The molecule has 1 aliphatic rings. The Morgan fingerprint density at radius 1 is 1.14 bits per heavy atom. The Labute approximate surface area is 243 Å². The summed E-state index contributed by atoms with van der Waals surface area (Å²) in [6.45, 7) is 5.23. The number of fused-ring (bicyclic) bond motifs is 1. The largest absolute Gasteiger partial charge is 0.493 e. The molecule has 216 valence electrons. The number of allylic oxidation sites excluding steroid dienone is 1. The molecule has 0 amide bonds. The lowest BCUT2D eigenvalue weighted by Gasteiger charge is -2.25. The van der Waals surface area contributed by atoms with Gasteiger partial charge in [-0.1, -0.05) is 29.5 Å². The molecule has 0 N–H and O–H groups in total. The van der Waals surface area contributed by atoms with E-state index >= 15 is 0 Å². The number of furan rings is 1. The van der Waals surface area contributed by atoms with Gasteiger partial charge in [-0.15, -0.1) is 0 Å². The van der Waals surface area contributed by atoms with Crippen LogP contribution in [0.5, 0.6) is 11.5 Å². The monoisotopic (exact) mass is 589 g/mol. The van der Waals surface area contributed by atoms with Crippen LogP contribution < -0.4 is 24.4 Å². The molecular weight excluding hydrogens is 562 g/mol. The van der Waals surface area contributed by atoms with Crippen molar-refractivity contribution in [3.63, 3.8) is 0 Å². The number of benzene rings is 2. The number of rotatable bonds is 8. The Bertz CT molecular complexity index is 1930. The number of esters is 1. The lowest BCUT2D eigenvalue weighted by molar-refractivity contribution is -0.385. The minimum Gasteiger partial charge on any atom is -0.493 e. The molecule has 5 rings (SSSR count). The highest BCUT2D eigenvalue weighted by molar-refractivity contribution is 7.07. The van der Waals surface area contributed by atoms with Gasteiger partial charge in [0.1, 0.15) is 11.5 Å². The first kappa shape index (κ1) is 28.6. The molecule has 12 heteroatoms. The average Bonchev–Trinajstić information content (AvgIpc) is 3.55. The highest BCUT2D eigenvalue weighted by Gasteiger charge is 2.34. The molecule has 0 bridgehead atoms. The number of aromatic nitrogens is 1. The molecule has 3 heterocycles. The van der Waals surface area contributed by atoms with Gasteiger partial charge in [0.15, 0.2) is 16.3 Å². The summed E-state index contributed by atoms with van der Waals surface area (Å²) in [5.74, 6) is 1.18. The van der Waals surface area contributed by atoms with Gasteiger partial charge in [-0.05, 0) is 50.6 Å². The summed E-state index contributed by atoms with van der Waals surface area (Å²) < 4.78 is 24.0. The van der Waals surface area contributed by atoms with Gasteiger partial charge in [0.25, 0.3) is 11.2 Å². The molecular formula is C30H27N3O8S. The van der Waals surface area contributed by atoms with E-state index in [2.05, 4.69) is 4.99 Å². The molecule has 0 spiro atoms. The maximum absolute atomic E-state index is 13.9. The third-order valence-corrected chi connectivity index (χ3v) is 7.89. The first-order valence-electron chi connectivity index (χ1n) is 12.9. The molecule has 0 aliphatic carbocycles. The zero-order valence-electron chi connectivity index (χ0n) is 23.5. The number of carbonyl (C=O) groups is 1. The van der Waals surface area contributed by atoms with Crippen LogP contribution in [0.25, 0.3) is 17.4 Å². The fraction of sp³-hybridized carbons (Fsp3) is 0.233. The maximum Gasteiger partial charge on any atom is 0.338 e. The van der Waals surface area contributed by atoms with Gasteiger partial charge in [0, 0.05) is 23.3 Å². The van der Waals surface area contributed by atoms with Crippen molar-refractivity contribution in [2.75, 3.05) is 20.8 Å². The summed E-state index contributed by atoms with van der Waals surface area (Å²) in [6.07, 6.45) is 1.59. The maximum atomic E-state index is 13.9. The van der Waals surface area contributed by atoms with Crippen LogP contribution in [0.3, 0.4) is 0 Å². The summed E-state index contributed by atoms with van der Waals surface area (Å²) in [4.78, 5) is 43.0. The lowest BCUT2D eigenvalue weighted by atomic mass is 9.95. The highest BCUT2D eigenvalue weighted by atomic mass is 32.1. The lowest BCUT2D eigenvalue weighted by Crippen LogP contribution is -2.39. The van der Waals surface area contributed by atoms with Crippen molar-refractivity contribution < 1.29 is 28.3 Å². The van der Waals surface area contributed by atoms with Crippen LogP contribution >= 0.6 is 11.3 Å². The van der Waals surface area contributed by atoms with Crippen LogP contribution in [0.1, 0.15) is 36.8 Å². The van der Waals surface area contributed by atoms with Gasteiger partial charge < -0.3 is 18.6 Å². The number of nitro groups is 1. The Balaban J connectivity index is 1.65. The van der Waals surface area contributed by atoms with Crippen molar-refractivity contribution in [2.45, 2.75) is 26.8 Å². The number of carbonyl (C=O) groups excluding carboxylic acids is 1. The van der Waals surface area contributed by atoms with Crippen LogP contribution in [-0.4, -0.2) is 36.3 Å². The fourth-order valence-electron chi connectivity index (χ4n) is 4.92. The molecule has 2 aromatic heterocycles. The van der Waals surface area contributed by atoms with Crippen LogP contribution in [0.2, 0.25) is 0 Å². The van der Waals surface area contributed by atoms with E-state index in [0.29, 0.717) is 54.7 Å². The van der Waals surface area contributed by atoms with E-state index in [1.165, 1.54) is 24.9 Å². The molecule has 1 atom stereocenters. The molecule has 42 heavy (non-hydrogen) atoms. The normalized spacial score (nSPS) is 14.8. The number of thiazole rings is 1. The minimum absolute atomic E-state index is 0.0123. The average molecular weight is 590 g/mol. The van der Waals surface area contributed by atoms with E-state index < -0.39 is 16.9 Å². The van der Waals surface area contributed by atoms with Crippen molar-refractivity contribution in [3.8, 4) is 22.8 Å². The highest BCUT2D eigenvalue weighted by Crippen LogP contribution is 2.36. The summed E-state index contributed by atoms with van der Waals surface area (Å²) >= 11 is 1.15. The van der Waals surface area contributed by atoms with E-state index in [0.717, 1.165) is 11.3 Å². The van der Waals surface area contributed by atoms with Crippen molar-refractivity contribution in [1.82, 2.24) is 4.57 Å². The van der Waals surface area contributed by atoms with Crippen LogP contribution in [-0.2, 0) is 9.53 Å². The Kier molecular flexibility index (Phi) is 7.81. The predicted molar refractivity (Wildman–Crippen MR) is 155 cm³/mol. The quantitative estimate of drug-likeness (QED) is 0.169. The number of nitro benzene ring substituents is 1. The van der Waals surface area contributed by atoms with Crippen molar-refractivity contribution in [1.29, 1.82) is 0 Å². The third kappa shape index (κ3) is 5.00. The Hall–Kier alpha value is -4.97. The predicted octanol–water partition coefficient (Wildman–Crippen LogP) is 4.29.